The number of rotatable bonds is 6. The zero-order chi connectivity index (χ0) is 20.7. The molecule has 1 saturated heterocycles. The van der Waals surface area contributed by atoms with Crippen molar-refractivity contribution in [1.82, 2.24) is 15.6 Å². The molecule has 0 radical (unpaired) electrons. The largest absolute Gasteiger partial charge is 0.434 e. The second-order valence-electron chi connectivity index (χ2n) is 6.45. The first-order chi connectivity index (χ1) is 14.0. The number of anilines is 1. The summed E-state index contributed by atoms with van der Waals surface area (Å²) in [5, 5.41) is 7.88. The highest BCUT2D eigenvalue weighted by Crippen LogP contribution is 2.30. The topological polar surface area (TPSA) is 61.8 Å². The molecule has 0 aliphatic carbocycles. The molecule has 6 nitrogen and oxygen atoms in total. The number of nitrogens with one attached hydrogen (secondary N) is 2. The SMILES string of the molecule is CN=C(NCCc1nc(C(F)(F)F)cs1)NCc1ccccc1N1CCOCC1.I. The predicted molar refractivity (Wildman–Crippen MR) is 124 cm³/mol. The summed E-state index contributed by atoms with van der Waals surface area (Å²) < 4.78 is 43.3. The zero-order valence-electron chi connectivity index (χ0n) is 16.5. The van der Waals surface area contributed by atoms with Crippen molar-refractivity contribution in [2.75, 3.05) is 44.8 Å². The summed E-state index contributed by atoms with van der Waals surface area (Å²) in [6.45, 7) is 4.18. The Hall–Kier alpha value is -1.60. The average Bonchev–Trinajstić information content (AvgIpc) is 3.21. The van der Waals surface area contributed by atoms with E-state index in [2.05, 4.69) is 37.6 Å². The molecule has 1 aliphatic heterocycles. The molecular formula is C19H25F3IN5OS. The minimum absolute atomic E-state index is 0. The number of benzene rings is 1. The molecule has 0 atom stereocenters. The van der Waals surface area contributed by atoms with E-state index in [9.17, 15) is 13.2 Å². The van der Waals surface area contributed by atoms with Crippen LogP contribution in [0.2, 0.25) is 0 Å². The Morgan fingerprint density at radius 1 is 1.23 bits per heavy atom. The van der Waals surface area contributed by atoms with Crippen molar-refractivity contribution in [3.05, 3.63) is 45.9 Å². The van der Waals surface area contributed by atoms with Gasteiger partial charge in [0, 0.05) is 50.7 Å². The molecule has 166 valence electrons. The summed E-state index contributed by atoms with van der Waals surface area (Å²) in [5.41, 5.74) is 1.48. The highest BCUT2D eigenvalue weighted by Gasteiger charge is 2.33. The molecule has 0 amide bonds. The lowest BCUT2D eigenvalue weighted by atomic mass is 10.1. The van der Waals surface area contributed by atoms with Crippen molar-refractivity contribution < 1.29 is 17.9 Å². The number of aromatic nitrogens is 1. The minimum Gasteiger partial charge on any atom is -0.378 e. The van der Waals surface area contributed by atoms with Gasteiger partial charge < -0.3 is 20.3 Å². The number of nitrogens with zero attached hydrogens (tertiary/aromatic N) is 3. The standard InChI is InChI=1S/C19H24F3N5OS.HI/c1-23-18(24-7-6-17-26-16(13-29-17)19(20,21)22)25-12-14-4-2-3-5-15(14)27-8-10-28-11-9-27;/h2-5,13H,6-12H2,1H3,(H2,23,24,25);1H. The van der Waals surface area contributed by atoms with Crippen molar-refractivity contribution in [3.63, 3.8) is 0 Å². The van der Waals surface area contributed by atoms with Gasteiger partial charge in [-0.2, -0.15) is 13.2 Å². The number of halogens is 4. The summed E-state index contributed by atoms with van der Waals surface area (Å²) >= 11 is 1.02. The molecule has 2 N–H and O–H groups in total. The van der Waals surface area contributed by atoms with Crippen LogP contribution in [0.3, 0.4) is 0 Å². The van der Waals surface area contributed by atoms with Crippen LogP contribution in [0, 0.1) is 0 Å². The monoisotopic (exact) mass is 555 g/mol. The van der Waals surface area contributed by atoms with Crippen LogP contribution in [0.4, 0.5) is 18.9 Å². The Bertz CT molecular complexity index is 824. The molecule has 1 aromatic heterocycles. The Morgan fingerprint density at radius 2 is 1.97 bits per heavy atom. The maximum atomic E-state index is 12.6. The summed E-state index contributed by atoms with van der Waals surface area (Å²) in [7, 11) is 1.66. The summed E-state index contributed by atoms with van der Waals surface area (Å²) in [6, 6.07) is 8.18. The Morgan fingerprint density at radius 3 is 2.63 bits per heavy atom. The molecule has 0 unspecified atom stereocenters. The van der Waals surface area contributed by atoms with Gasteiger partial charge in [-0.3, -0.25) is 4.99 Å². The first-order valence-corrected chi connectivity index (χ1v) is 10.2. The molecule has 0 saturated carbocycles. The van der Waals surface area contributed by atoms with Gasteiger partial charge in [0.2, 0.25) is 0 Å². The van der Waals surface area contributed by atoms with E-state index in [0.29, 0.717) is 30.5 Å². The smallest absolute Gasteiger partial charge is 0.378 e. The fraction of sp³-hybridized carbons (Fsp3) is 0.474. The van der Waals surface area contributed by atoms with Gasteiger partial charge in [0.25, 0.3) is 0 Å². The fourth-order valence-corrected chi connectivity index (χ4v) is 3.82. The van der Waals surface area contributed by atoms with Crippen LogP contribution in [0.1, 0.15) is 16.3 Å². The number of morpholine rings is 1. The molecule has 2 heterocycles. The molecule has 0 spiro atoms. The van der Waals surface area contributed by atoms with E-state index in [1.54, 1.807) is 7.05 Å². The molecule has 2 aromatic rings. The van der Waals surface area contributed by atoms with Gasteiger partial charge >= 0.3 is 6.18 Å². The number of hydrogen-bond acceptors (Lipinski definition) is 5. The number of hydrogen-bond donors (Lipinski definition) is 2. The number of aliphatic imine (C=N–C) groups is 1. The van der Waals surface area contributed by atoms with E-state index < -0.39 is 11.9 Å². The van der Waals surface area contributed by atoms with Crippen molar-refractivity contribution >= 4 is 47.0 Å². The first-order valence-electron chi connectivity index (χ1n) is 9.34. The van der Waals surface area contributed by atoms with E-state index in [4.69, 9.17) is 4.74 Å². The second-order valence-corrected chi connectivity index (χ2v) is 7.40. The van der Waals surface area contributed by atoms with Gasteiger partial charge in [-0.25, -0.2) is 4.98 Å². The molecule has 1 aromatic carbocycles. The third-order valence-corrected chi connectivity index (χ3v) is 5.40. The van der Waals surface area contributed by atoms with Gasteiger partial charge in [-0.05, 0) is 11.6 Å². The van der Waals surface area contributed by atoms with Crippen LogP contribution >= 0.6 is 35.3 Å². The van der Waals surface area contributed by atoms with E-state index in [-0.39, 0.29) is 24.0 Å². The van der Waals surface area contributed by atoms with Crippen LogP contribution in [0.5, 0.6) is 0 Å². The van der Waals surface area contributed by atoms with Crippen LogP contribution < -0.4 is 15.5 Å². The van der Waals surface area contributed by atoms with E-state index in [1.165, 1.54) is 5.69 Å². The first kappa shape index (κ1) is 24.7. The highest BCUT2D eigenvalue weighted by molar-refractivity contribution is 14.0. The predicted octanol–water partition coefficient (Wildman–Crippen LogP) is 3.52. The molecule has 11 heteroatoms. The van der Waals surface area contributed by atoms with Gasteiger partial charge in [-0.15, -0.1) is 35.3 Å². The average molecular weight is 555 g/mol. The second kappa shape index (κ2) is 11.7. The van der Waals surface area contributed by atoms with Crippen LogP contribution in [-0.2, 0) is 23.9 Å². The Balaban J connectivity index is 0.00000320. The molecule has 0 bridgehead atoms. The maximum Gasteiger partial charge on any atom is 0.434 e. The number of guanidine groups is 1. The summed E-state index contributed by atoms with van der Waals surface area (Å²) in [6.07, 6.45) is -4.00. The molecule has 3 rings (SSSR count). The van der Waals surface area contributed by atoms with Gasteiger partial charge in [0.1, 0.15) is 0 Å². The lowest BCUT2D eigenvalue weighted by Gasteiger charge is -2.30. The quantitative estimate of drug-likeness (QED) is 0.325. The lowest BCUT2D eigenvalue weighted by Crippen LogP contribution is -2.39. The van der Waals surface area contributed by atoms with Crippen molar-refractivity contribution in [2.45, 2.75) is 19.1 Å². The minimum atomic E-state index is -4.40. The van der Waals surface area contributed by atoms with Gasteiger partial charge in [-0.1, -0.05) is 18.2 Å². The van der Waals surface area contributed by atoms with E-state index in [0.717, 1.165) is 48.6 Å². The Kier molecular flexibility index (Phi) is 9.62. The van der Waals surface area contributed by atoms with Gasteiger partial charge in [0.05, 0.1) is 18.2 Å². The fourth-order valence-electron chi connectivity index (χ4n) is 3.02. The zero-order valence-corrected chi connectivity index (χ0v) is 19.7. The van der Waals surface area contributed by atoms with Crippen molar-refractivity contribution in [3.8, 4) is 0 Å². The van der Waals surface area contributed by atoms with Crippen LogP contribution in [0.15, 0.2) is 34.6 Å². The van der Waals surface area contributed by atoms with Gasteiger partial charge in [0.15, 0.2) is 11.7 Å². The van der Waals surface area contributed by atoms with E-state index in [1.807, 2.05) is 12.1 Å². The molecular weight excluding hydrogens is 530 g/mol. The third-order valence-electron chi connectivity index (χ3n) is 4.49. The number of para-hydroxylation sites is 1. The Labute approximate surface area is 195 Å². The highest BCUT2D eigenvalue weighted by atomic mass is 127. The summed E-state index contributed by atoms with van der Waals surface area (Å²) in [5.74, 6) is 0.592. The third kappa shape index (κ3) is 6.98. The van der Waals surface area contributed by atoms with Crippen LogP contribution in [0.25, 0.3) is 0 Å². The maximum absolute atomic E-state index is 12.6. The molecule has 30 heavy (non-hydrogen) atoms. The molecule has 1 fully saturated rings. The summed E-state index contributed by atoms with van der Waals surface area (Å²) in [4.78, 5) is 10.1. The number of alkyl halides is 3. The van der Waals surface area contributed by atoms with Crippen molar-refractivity contribution in [2.24, 2.45) is 4.99 Å². The van der Waals surface area contributed by atoms with E-state index >= 15 is 0 Å². The molecule has 1 aliphatic rings. The normalized spacial score (nSPS) is 14.9. The van der Waals surface area contributed by atoms with Crippen LogP contribution in [-0.4, -0.2) is 50.8 Å². The number of ether oxygens (including phenoxy) is 1. The van der Waals surface area contributed by atoms with Crippen molar-refractivity contribution in [1.29, 1.82) is 0 Å². The number of thiazole rings is 1. The lowest BCUT2D eigenvalue weighted by molar-refractivity contribution is -0.140.